The number of anilines is 1. The normalized spacial score (nSPS) is 16.1. The van der Waals surface area contributed by atoms with Crippen molar-refractivity contribution in [2.24, 2.45) is 5.92 Å². The minimum Gasteiger partial charge on any atom is -0.301 e. The zero-order valence-corrected chi connectivity index (χ0v) is 37.6. The molecule has 0 N–H and O–H groups in total. The molecule has 1 aliphatic rings. The van der Waals surface area contributed by atoms with Gasteiger partial charge >= 0.3 is 7.29 Å². The smallest absolute Gasteiger partial charge is 0.301 e. The largest absolute Gasteiger partial charge is 0.302 e. The SMILES string of the molecule is CC1C=CC=CC1(C)N(c1ccccc1)P(=O)(c1nc(-c2ccccc2)nc(-n2c3ccccc3c3ccccc32)n1)c1nc(-c2ccccc2)nc(-n2c3ccccc3c3ccccc32)n1. The van der Waals surface area contributed by atoms with E-state index in [-0.39, 0.29) is 17.0 Å². The van der Waals surface area contributed by atoms with Crippen LogP contribution in [0.25, 0.3) is 78.3 Å². The van der Waals surface area contributed by atoms with Crippen molar-refractivity contribution in [1.29, 1.82) is 0 Å². The lowest BCUT2D eigenvalue weighted by atomic mass is 9.83. The van der Waals surface area contributed by atoms with Crippen LogP contribution in [-0.2, 0) is 4.57 Å². The average Bonchev–Trinajstić information content (AvgIpc) is 3.91. The van der Waals surface area contributed by atoms with Crippen LogP contribution in [0.1, 0.15) is 13.8 Å². The number of fused-ring (bicyclic) bond motifs is 6. The van der Waals surface area contributed by atoms with Crippen molar-refractivity contribution in [3.05, 3.63) is 212 Å². The van der Waals surface area contributed by atoms with Gasteiger partial charge in [0, 0.05) is 44.3 Å². The summed E-state index contributed by atoms with van der Waals surface area (Å²) in [5.41, 5.74) is 4.87. The van der Waals surface area contributed by atoms with Gasteiger partial charge in [-0.15, -0.1) is 0 Å². The Morgan fingerprint density at radius 1 is 0.463 bits per heavy atom. The highest BCUT2D eigenvalue weighted by Gasteiger charge is 2.51. The van der Waals surface area contributed by atoms with Crippen molar-refractivity contribution >= 4 is 67.7 Å². The first kappa shape index (κ1) is 40.2. The van der Waals surface area contributed by atoms with Crippen LogP contribution in [-0.4, -0.2) is 44.6 Å². The van der Waals surface area contributed by atoms with E-state index >= 15 is 4.57 Å². The second-order valence-corrected chi connectivity index (χ2v) is 19.3. The molecule has 0 saturated carbocycles. The quantitative estimate of drug-likeness (QED) is 0.132. The summed E-state index contributed by atoms with van der Waals surface area (Å²) < 4.78 is 24.2. The number of allylic oxidation sites excluding steroid dienone is 2. The molecule has 67 heavy (non-hydrogen) atoms. The minimum atomic E-state index is -4.52. The van der Waals surface area contributed by atoms with Crippen LogP contribution in [0.3, 0.4) is 0 Å². The van der Waals surface area contributed by atoms with Crippen molar-refractivity contribution in [2.75, 3.05) is 4.67 Å². The average molecular weight is 888 g/mol. The lowest BCUT2D eigenvalue weighted by Gasteiger charge is -2.47. The van der Waals surface area contributed by atoms with Crippen molar-refractivity contribution in [3.8, 4) is 34.7 Å². The van der Waals surface area contributed by atoms with Crippen LogP contribution >= 0.6 is 7.29 Å². The third kappa shape index (κ3) is 6.51. The molecule has 0 radical (unpaired) electrons. The zero-order valence-electron chi connectivity index (χ0n) is 36.7. The Morgan fingerprint density at radius 3 is 1.24 bits per heavy atom. The van der Waals surface area contributed by atoms with E-state index in [9.17, 15) is 0 Å². The summed E-state index contributed by atoms with van der Waals surface area (Å²) in [6, 6.07) is 62.3. The summed E-state index contributed by atoms with van der Waals surface area (Å²) in [4.78, 5) is 32.0. The topological polar surface area (TPSA) is 108 Å². The van der Waals surface area contributed by atoms with E-state index in [1.54, 1.807) is 0 Å². The number of aromatic nitrogens is 8. The Labute approximate surface area is 386 Å². The van der Waals surface area contributed by atoms with Gasteiger partial charge in [0.1, 0.15) is 0 Å². The number of para-hydroxylation sites is 5. The van der Waals surface area contributed by atoms with Crippen molar-refractivity contribution in [1.82, 2.24) is 39.0 Å². The number of benzene rings is 7. The van der Waals surface area contributed by atoms with E-state index in [0.29, 0.717) is 29.2 Å². The third-order valence-corrected chi connectivity index (χ3v) is 15.7. The fourth-order valence-electron chi connectivity index (χ4n) is 9.56. The maximum absolute atomic E-state index is 18.2. The number of hydrogen-bond donors (Lipinski definition) is 0. The molecule has 0 fully saturated rings. The van der Waals surface area contributed by atoms with Gasteiger partial charge in [-0.1, -0.05) is 183 Å². The third-order valence-electron chi connectivity index (χ3n) is 13.0. The molecule has 0 saturated heterocycles. The van der Waals surface area contributed by atoms with E-state index in [2.05, 4.69) is 74.5 Å². The Balaban J connectivity index is 1.24. The van der Waals surface area contributed by atoms with E-state index in [4.69, 9.17) is 29.9 Å². The van der Waals surface area contributed by atoms with Gasteiger partial charge in [-0.25, -0.2) is 9.97 Å². The van der Waals surface area contributed by atoms with Crippen molar-refractivity contribution in [3.63, 3.8) is 0 Å². The van der Waals surface area contributed by atoms with Crippen LogP contribution in [0.4, 0.5) is 5.69 Å². The number of rotatable bonds is 9. The zero-order chi connectivity index (χ0) is 45.1. The summed E-state index contributed by atoms with van der Waals surface area (Å²) in [5.74, 6) is 1.19. The molecule has 2 atom stereocenters. The summed E-state index contributed by atoms with van der Waals surface area (Å²) in [6.07, 6.45) is 8.30. The fraction of sp³-hybridized carbons (Fsp3) is 0.0714. The van der Waals surface area contributed by atoms with E-state index in [1.807, 2.05) is 165 Å². The predicted octanol–water partition coefficient (Wildman–Crippen LogP) is 11.8. The molecule has 0 aliphatic heterocycles. The number of hydrogen-bond acceptors (Lipinski definition) is 7. The Morgan fingerprint density at radius 2 is 0.836 bits per heavy atom. The molecule has 322 valence electrons. The lowest BCUT2D eigenvalue weighted by Crippen LogP contribution is -2.53. The Kier molecular flexibility index (Phi) is 9.59. The molecule has 4 heterocycles. The van der Waals surface area contributed by atoms with Crippen molar-refractivity contribution < 1.29 is 4.57 Å². The molecule has 7 aromatic carbocycles. The van der Waals surface area contributed by atoms with Crippen LogP contribution in [0.2, 0.25) is 0 Å². The lowest BCUT2D eigenvalue weighted by molar-refractivity contribution is 0.451. The molecule has 0 amide bonds. The summed E-state index contributed by atoms with van der Waals surface area (Å²) in [7, 11) is -4.52. The first-order valence-electron chi connectivity index (χ1n) is 22.3. The summed E-state index contributed by atoms with van der Waals surface area (Å²) in [5, 5.41) is 4.15. The van der Waals surface area contributed by atoms with Gasteiger partial charge in [-0.3, -0.25) is 13.7 Å². The summed E-state index contributed by atoms with van der Waals surface area (Å²) >= 11 is 0. The van der Waals surface area contributed by atoms with Gasteiger partial charge < -0.3 is 4.67 Å². The first-order valence-corrected chi connectivity index (χ1v) is 24.0. The molecule has 12 rings (SSSR count). The molecular weight excluding hydrogens is 846 g/mol. The molecular formula is C56H42N9OP. The molecule has 2 unspecified atom stereocenters. The monoisotopic (exact) mass is 887 g/mol. The molecule has 4 aromatic heterocycles. The summed E-state index contributed by atoms with van der Waals surface area (Å²) in [6.45, 7) is 4.25. The number of nitrogens with zero attached hydrogens (tertiary/aromatic N) is 9. The Hall–Kier alpha value is -8.33. The van der Waals surface area contributed by atoms with Gasteiger partial charge in [-0.05, 0) is 43.3 Å². The second-order valence-electron chi connectivity index (χ2n) is 17.0. The fourth-order valence-corrected chi connectivity index (χ4v) is 12.3. The highest BCUT2D eigenvalue weighted by molar-refractivity contribution is 7.79. The van der Waals surface area contributed by atoms with Crippen LogP contribution in [0.5, 0.6) is 0 Å². The molecule has 11 heteroatoms. The highest BCUT2D eigenvalue weighted by Crippen LogP contribution is 2.56. The van der Waals surface area contributed by atoms with Gasteiger partial charge in [0.15, 0.2) is 11.6 Å². The van der Waals surface area contributed by atoms with E-state index in [0.717, 1.165) is 54.7 Å². The van der Waals surface area contributed by atoms with Gasteiger partial charge in [0.25, 0.3) is 0 Å². The first-order chi connectivity index (χ1) is 32.9. The molecule has 10 nitrogen and oxygen atoms in total. The Bertz CT molecular complexity index is 3480. The van der Waals surface area contributed by atoms with Crippen LogP contribution in [0.15, 0.2) is 212 Å². The van der Waals surface area contributed by atoms with Gasteiger partial charge in [-0.2, -0.15) is 19.9 Å². The molecule has 1 aliphatic carbocycles. The van der Waals surface area contributed by atoms with Crippen LogP contribution < -0.4 is 15.8 Å². The van der Waals surface area contributed by atoms with Gasteiger partial charge in [0.05, 0.1) is 27.6 Å². The standard InChI is InChI=1S/C56H42N9OP/c1-38-22-20-21-37-56(38,2)65(41-27-10-5-11-28-41)67(66,54-59-50(39-23-6-3-7-24-39)57-52(61-54)63-46-33-16-12-29-42(46)43-30-13-17-34-47(43)63)55-60-51(40-25-8-4-9-26-40)58-53(62-55)64-48-35-18-14-31-44(48)45-32-15-19-36-49(45)64/h3-38H,1-2H3. The van der Waals surface area contributed by atoms with E-state index in [1.165, 1.54) is 0 Å². The molecule has 0 bridgehead atoms. The minimum absolute atomic E-state index is 0.0248. The maximum atomic E-state index is 18.2. The highest BCUT2D eigenvalue weighted by atomic mass is 31.2. The van der Waals surface area contributed by atoms with E-state index < -0.39 is 12.8 Å². The van der Waals surface area contributed by atoms with Crippen LogP contribution in [0, 0.1) is 5.92 Å². The molecule has 11 aromatic rings. The van der Waals surface area contributed by atoms with Gasteiger partial charge in [0.2, 0.25) is 23.0 Å². The van der Waals surface area contributed by atoms with Crippen molar-refractivity contribution in [2.45, 2.75) is 19.4 Å². The predicted molar refractivity (Wildman–Crippen MR) is 271 cm³/mol. The molecule has 0 spiro atoms. The maximum Gasteiger partial charge on any atom is 0.302 e. The second kappa shape index (κ2) is 16.0.